The highest BCUT2D eigenvalue weighted by atomic mass is 35.5. The molecule has 0 aliphatic carbocycles. The van der Waals surface area contributed by atoms with Crippen molar-refractivity contribution in [3.63, 3.8) is 0 Å². The maximum atomic E-state index is 2.27. The molecule has 0 fully saturated rings. The van der Waals surface area contributed by atoms with Crippen molar-refractivity contribution in [3.8, 4) is 5.69 Å². The molecule has 0 radical (unpaired) electrons. The predicted molar refractivity (Wildman–Crippen MR) is 99.9 cm³/mol. The lowest BCUT2D eigenvalue weighted by Crippen LogP contribution is -3.00. The van der Waals surface area contributed by atoms with Gasteiger partial charge in [0.1, 0.15) is 24.6 Å². The Balaban J connectivity index is 0.00000225. The van der Waals surface area contributed by atoms with E-state index in [1.807, 2.05) is 0 Å². The third kappa shape index (κ3) is 3.96. The normalized spacial score (nSPS) is 10.6. The van der Waals surface area contributed by atoms with Crippen molar-refractivity contribution in [2.24, 2.45) is 0 Å². The fourth-order valence-corrected chi connectivity index (χ4v) is 3.84. The van der Waals surface area contributed by atoms with Crippen LogP contribution in [0.25, 0.3) is 5.69 Å². The van der Waals surface area contributed by atoms with Crippen molar-refractivity contribution in [2.45, 2.75) is 48.1 Å². The van der Waals surface area contributed by atoms with Gasteiger partial charge in [-0.25, -0.2) is 9.13 Å². The smallest absolute Gasteiger partial charge is 0.249 e. The zero-order valence-electron chi connectivity index (χ0n) is 16.0. The van der Waals surface area contributed by atoms with Crippen LogP contribution in [-0.4, -0.2) is 4.57 Å². The van der Waals surface area contributed by atoms with Crippen molar-refractivity contribution in [1.82, 2.24) is 4.57 Å². The first-order chi connectivity index (χ1) is 11.3. The van der Waals surface area contributed by atoms with E-state index in [1.54, 1.807) is 0 Å². The Hall–Kier alpha value is -2.06. The largest absolute Gasteiger partial charge is 1.00 e. The summed E-state index contributed by atoms with van der Waals surface area (Å²) >= 11 is 0. The zero-order valence-corrected chi connectivity index (χ0v) is 16.8. The van der Waals surface area contributed by atoms with Crippen LogP contribution in [0.15, 0.2) is 43.0 Å². The summed E-state index contributed by atoms with van der Waals surface area (Å²) in [5.41, 5.74) is 10.7. The SMILES string of the molecule is Cc1cc(C)c(C[n+]2ccn(-c3c(C)cc(C)cc3C)c2)c(C)c1.[Cl-]. The molecule has 2 nitrogen and oxygen atoms in total. The van der Waals surface area contributed by atoms with Gasteiger partial charge in [0, 0.05) is 0 Å². The Morgan fingerprint density at radius 3 is 1.76 bits per heavy atom. The zero-order chi connectivity index (χ0) is 17.4. The number of halogens is 1. The Labute approximate surface area is 157 Å². The minimum atomic E-state index is 0. The lowest BCUT2D eigenvalue weighted by Gasteiger charge is -2.09. The molecule has 132 valence electrons. The van der Waals surface area contributed by atoms with Crippen LogP contribution in [0.5, 0.6) is 0 Å². The van der Waals surface area contributed by atoms with Gasteiger partial charge in [0.15, 0.2) is 0 Å². The molecule has 0 unspecified atom stereocenters. The van der Waals surface area contributed by atoms with Crippen LogP contribution >= 0.6 is 0 Å². The van der Waals surface area contributed by atoms with E-state index in [2.05, 4.69) is 93.7 Å². The van der Waals surface area contributed by atoms with Crippen molar-refractivity contribution >= 4 is 0 Å². The average molecular weight is 355 g/mol. The first kappa shape index (κ1) is 19.3. The summed E-state index contributed by atoms with van der Waals surface area (Å²) in [7, 11) is 0. The Bertz CT molecular complexity index is 860. The van der Waals surface area contributed by atoms with Gasteiger partial charge >= 0.3 is 0 Å². The van der Waals surface area contributed by atoms with Gasteiger partial charge in [-0.05, 0) is 69.4 Å². The predicted octanol–water partition coefficient (Wildman–Crippen LogP) is 1.67. The van der Waals surface area contributed by atoms with Gasteiger partial charge in [0.2, 0.25) is 6.33 Å². The van der Waals surface area contributed by atoms with E-state index in [-0.39, 0.29) is 12.4 Å². The third-order valence-corrected chi connectivity index (χ3v) is 4.77. The fourth-order valence-electron chi connectivity index (χ4n) is 3.84. The number of hydrogen-bond donors (Lipinski definition) is 0. The Morgan fingerprint density at radius 2 is 1.24 bits per heavy atom. The molecule has 3 heteroatoms. The average Bonchev–Trinajstić information content (AvgIpc) is 2.90. The highest BCUT2D eigenvalue weighted by molar-refractivity contribution is 5.48. The van der Waals surface area contributed by atoms with Crippen LogP contribution in [0, 0.1) is 41.5 Å². The van der Waals surface area contributed by atoms with E-state index in [1.165, 1.54) is 44.6 Å². The summed E-state index contributed by atoms with van der Waals surface area (Å²) in [6, 6.07) is 9.05. The molecule has 3 rings (SSSR count). The number of nitrogens with zero attached hydrogens (tertiary/aromatic N) is 2. The molecule has 0 amide bonds. The van der Waals surface area contributed by atoms with E-state index < -0.39 is 0 Å². The van der Waals surface area contributed by atoms with Crippen molar-refractivity contribution in [3.05, 3.63) is 81.9 Å². The topological polar surface area (TPSA) is 8.81 Å². The number of imidazole rings is 1. The molecule has 0 bridgehead atoms. The standard InChI is InChI=1S/C22H27N2.ClH/c1-15-9-17(3)21(18(4)10-15)13-23-7-8-24(14-23)22-19(5)11-16(2)12-20(22)6;/h7-12,14H,13H2,1-6H3;1H/q+1;/p-1. The van der Waals surface area contributed by atoms with Crippen LogP contribution in [-0.2, 0) is 6.54 Å². The van der Waals surface area contributed by atoms with E-state index in [0.29, 0.717) is 0 Å². The van der Waals surface area contributed by atoms with Crippen molar-refractivity contribution in [2.75, 3.05) is 0 Å². The molecule has 0 spiro atoms. The molecule has 0 saturated carbocycles. The molecule has 1 heterocycles. The molecule has 25 heavy (non-hydrogen) atoms. The van der Waals surface area contributed by atoms with Gasteiger partial charge in [-0.15, -0.1) is 0 Å². The highest BCUT2D eigenvalue weighted by Gasteiger charge is 2.14. The molecule has 0 aliphatic rings. The molecule has 0 N–H and O–H groups in total. The fraction of sp³-hybridized carbons (Fsp3) is 0.318. The molecule has 0 atom stereocenters. The second kappa shape index (κ2) is 7.45. The van der Waals surface area contributed by atoms with Crippen molar-refractivity contribution < 1.29 is 17.0 Å². The van der Waals surface area contributed by atoms with Gasteiger partial charge in [0.05, 0.1) is 0 Å². The molecule has 3 aromatic rings. The number of rotatable bonds is 3. The third-order valence-electron chi connectivity index (χ3n) is 4.77. The maximum absolute atomic E-state index is 2.27. The van der Waals surface area contributed by atoms with E-state index in [4.69, 9.17) is 0 Å². The number of hydrogen-bond acceptors (Lipinski definition) is 0. The molecule has 1 aromatic heterocycles. The van der Waals surface area contributed by atoms with Crippen LogP contribution < -0.4 is 17.0 Å². The van der Waals surface area contributed by atoms with Crippen molar-refractivity contribution in [1.29, 1.82) is 0 Å². The summed E-state index contributed by atoms with van der Waals surface area (Å²) in [6.07, 6.45) is 6.52. The molecular weight excluding hydrogens is 328 g/mol. The number of aromatic nitrogens is 2. The highest BCUT2D eigenvalue weighted by Crippen LogP contribution is 2.21. The first-order valence-corrected chi connectivity index (χ1v) is 8.57. The summed E-state index contributed by atoms with van der Waals surface area (Å²) in [6.45, 7) is 14.0. The van der Waals surface area contributed by atoms with Gasteiger partial charge in [0.25, 0.3) is 0 Å². The van der Waals surface area contributed by atoms with E-state index in [9.17, 15) is 0 Å². The minimum absolute atomic E-state index is 0. The van der Waals surface area contributed by atoms with E-state index >= 15 is 0 Å². The number of benzene rings is 2. The van der Waals surface area contributed by atoms with E-state index in [0.717, 1.165) is 6.54 Å². The molecule has 2 aromatic carbocycles. The quantitative estimate of drug-likeness (QED) is 0.633. The van der Waals surface area contributed by atoms with Gasteiger partial charge in [-0.2, -0.15) is 0 Å². The lowest BCUT2D eigenvalue weighted by atomic mass is 10.00. The van der Waals surface area contributed by atoms with Gasteiger partial charge in [-0.3, -0.25) is 0 Å². The monoisotopic (exact) mass is 354 g/mol. The summed E-state index contributed by atoms with van der Waals surface area (Å²) in [5, 5.41) is 0. The minimum Gasteiger partial charge on any atom is -1.00 e. The van der Waals surface area contributed by atoms with Crippen LogP contribution in [0.1, 0.15) is 38.9 Å². The second-order valence-corrected chi connectivity index (χ2v) is 7.12. The first-order valence-electron chi connectivity index (χ1n) is 8.57. The summed E-state index contributed by atoms with van der Waals surface area (Å²) < 4.78 is 4.51. The molecular formula is C22H27ClN2. The lowest BCUT2D eigenvalue weighted by molar-refractivity contribution is -0.687. The van der Waals surface area contributed by atoms with Gasteiger partial charge < -0.3 is 12.4 Å². The van der Waals surface area contributed by atoms with Crippen LogP contribution in [0.2, 0.25) is 0 Å². The summed E-state index contributed by atoms with van der Waals surface area (Å²) in [5.74, 6) is 0. The Kier molecular flexibility index (Phi) is 5.74. The Morgan fingerprint density at radius 1 is 0.760 bits per heavy atom. The second-order valence-electron chi connectivity index (χ2n) is 7.12. The van der Waals surface area contributed by atoms with Gasteiger partial charge in [-0.1, -0.05) is 35.4 Å². The molecule has 0 aliphatic heterocycles. The summed E-state index contributed by atoms with van der Waals surface area (Å²) in [4.78, 5) is 0. The number of aryl methyl sites for hydroxylation is 6. The van der Waals surface area contributed by atoms with Crippen LogP contribution in [0.4, 0.5) is 0 Å². The molecule has 0 saturated heterocycles. The van der Waals surface area contributed by atoms with Crippen LogP contribution in [0.3, 0.4) is 0 Å². The maximum Gasteiger partial charge on any atom is 0.249 e.